The molecule has 1 N–H and O–H groups in total. The van der Waals surface area contributed by atoms with Crippen molar-refractivity contribution in [1.82, 2.24) is 4.90 Å². The van der Waals surface area contributed by atoms with Crippen LogP contribution in [0.3, 0.4) is 0 Å². The molecular weight excluding hydrogens is 255 g/mol. The highest BCUT2D eigenvalue weighted by Crippen LogP contribution is 2.27. The van der Waals surface area contributed by atoms with Crippen LogP contribution in [0.4, 0.5) is 13.2 Å². The van der Waals surface area contributed by atoms with Gasteiger partial charge in [-0.2, -0.15) is 0 Å². The van der Waals surface area contributed by atoms with E-state index in [1.165, 1.54) is 11.0 Å². The van der Waals surface area contributed by atoms with E-state index in [1.807, 2.05) is 0 Å². The lowest BCUT2D eigenvalue weighted by atomic mass is 10.1. The van der Waals surface area contributed by atoms with Crippen LogP contribution in [-0.2, 0) is 0 Å². The van der Waals surface area contributed by atoms with Crippen LogP contribution in [-0.4, -0.2) is 35.6 Å². The van der Waals surface area contributed by atoms with Gasteiger partial charge in [0, 0.05) is 19.5 Å². The average molecular weight is 271 g/mol. The van der Waals surface area contributed by atoms with Gasteiger partial charge in [-0.15, -0.1) is 0 Å². The molecule has 1 aliphatic rings. The van der Waals surface area contributed by atoms with Crippen molar-refractivity contribution in [2.45, 2.75) is 18.4 Å². The molecule has 1 atom stereocenters. The minimum Gasteiger partial charge on any atom is -0.381 e. The van der Waals surface area contributed by atoms with E-state index in [0.29, 0.717) is 5.56 Å². The van der Waals surface area contributed by atoms with Crippen LogP contribution in [0, 0.1) is 0 Å². The molecule has 0 spiro atoms. The van der Waals surface area contributed by atoms with E-state index in [2.05, 4.69) is 0 Å². The molecule has 5 heteroatoms. The zero-order valence-electron chi connectivity index (χ0n) is 10.4. The van der Waals surface area contributed by atoms with Crippen LogP contribution in [0.15, 0.2) is 42.2 Å². The van der Waals surface area contributed by atoms with Crippen molar-refractivity contribution >= 4 is 0 Å². The summed E-state index contributed by atoms with van der Waals surface area (Å²) >= 11 is 0. The molecule has 104 valence electrons. The van der Waals surface area contributed by atoms with E-state index in [9.17, 15) is 18.3 Å². The van der Waals surface area contributed by atoms with Gasteiger partial charge in [0.05, 0.1) is 6.54 Å². The Morgan fingerprint density at radius 1 is 1.37 bits per heavy atom. The lowest BCUT2D eigenvalue weighted by Crippen LogP contribution is -2.25. The fourth-order valence-electron chi connectivity index (χ4n) is 2.09. The number of nitrogens with zero attached hydrogens (tertiary/aromatic N) is 1. The molecule has 1 fully saturated rings. The summed E-state index contributed by atoms with van der Waals surface area (Å²) in [7, 11) is 0. The average Bonchev–Trinajstić information content (AvgIpc) is 2.76. The van der Waals surface area contributed by atoms with Gasteiger partial charge in [-0.25, -0.2) is 13.2 Å². The van der Waals surface area contributed by atoms with E-state index < -0.39 is 17.9 Å². The number of rotatable bonds is 4. The zero-order chi connectivity index (χ0) is 13.9. The maximum atomic E-state index is 13.7. The van der Waals surface area contributed by atoms with Crippen molar-refractivity contribution in [3.63, 3.8) is 0 Å². The molecule has 2 rings (SSSR count). The van der Waals surface area contributed by atoms with Gasteiger partial charge in [0.2, 0.25) is 0 Å². The van der Waals surface area contributed by atoms with Crippen LogP contribution >= 0.6 is 0 Å². The van der Waals surface area contributed by atoms with E-state index in [1.54, 1.807) is 30.3 Å². The lowest BCUT2D eigenvalue weighted by Gasteiger charge is -2.14. The molecule has 1 aromatic carbocycles. The Balaban J connectivity index is 1.93. The summed E-state index contributed by atoms with van der Waals surface area (Å²) in [5.74, 6) is -3.39. The Hall–Kier alpha value is -1.33. The van der Waals surface area contributed by atoms with Gasteiger partial charge >= 0.3 is 0 Å². The quantitative estimate of drug-likeness (QED) is 0.910. The standard InChI is InChI=1S/C14H16F3NO/c15-12(13(19)11-4-2-1-3-5-11)6-8-18-9-7-14(16,17)10-18/h1-6,13,19H,7-10H2/b12-6-. The van der Waals surface area contributed by atoms with Crippen molar-refractivity contribution < 1.29 is 18.3 Å². The van der Waals surface area contributed by atoms with Gasteiger partial charge in [-0.3, -0.25) is 4.90 Å². The number of halogens is 3. The van der Waals surface area contributed by atoms with Crippen molar-refractivity contribution in [2.24, 2.45) is 0 Å². The predicted molar refractivity (Wildman–Crippen MR) is 66.6 cm³/mol. The molecule has 0 amide bonds. The first kappa shape index (κ1) is 14.1. The maximum Gasteiger partial charge on any atom is 0.261 e. The van der Waals surface area contributed by atoms with E-state index in [-0.39, 0.29) is 26.1 Å². The van der Waals surface area contributed by atoms with Gasteiger partial charge < -0.3 is 5.11 Å². The van der Waals surface area contributed by atoms with Gasteiger partial charge in [-0.05, 0) is 11.6 Å². The monoisotopic (exact) mass is 271 g/mol. The summed E-state index contributed by atoms with van der Waals surface area (Å²) in [6.45, 7) is -0.0122. The molecule has 0 aromatic heterocycles. The first-order valence-electron chi connectivity index (χ1n) is 6.17. The van der Waals surface area contributed by atoms with Crippen LogP contribution in [0.1, 0.15) is 18.1 Å². The molecule has 0 bridgehead atoms. The summed E-state index contributed by atoms with van der Waals surface area (Å²) in [4.78, 5) is 1.47. The van der Waals surface area contributed by atoms with Gasteiger partial charge in [0.25, 0.3) is 5.92 Å². The van der Waals surface area contributed by atoms with Gasteiger partial charge in [-0.1, -0.05) is 30.3 Å². The summed E-state index contributed by atoms with van der Waals surface area (Å²) in [6.07, 6.45) is -0.354. The van der Waals surface area contributed by atoms with Crippen LogP contribution in [0.2, 0.25) is 0 Å². The molecule has 0 aliphatic carbocycles. The summed E-state index contributed by atoms with van der Waals surface area (Å²) in [6, 6.07) is 8.40. The van der Waals surface area contributed by atoms with Crippen molar-refractivity contribution in [2.75, 3.05) is 19.6 Å². The lowest BCUT2D eigenvalue weighted by molar-refractivity contribution is 0.0132. The Morgan fingerprint density at radius 2 is 2.05 bits per heavy atom. The van der Waals surface area contributed by atoms with Crippen LogP contribution < -0.4 is 0 Å². The third-order valence-electron chi connectivity index (χ3n) is 3.17. The molecule has 1 unspecified atom stereocenters. The number of aliphatic hydroxyl groups excluding tert-OH is 1. The van der Waals surface area contributed by atoms with Crippen LogP contribution in [0.5, 0.6) is 0 Å². The minimum atomic E-state index is -2.68. The summed E-state index contributed by atoms with van der Waals surface area (Å²) < 4.78 is 39.6. The van der Waals surface area contributed by atoms with Crippen LogP contribution in [0.25, 0.3) is 0 Å². The fraction of sp³-hybridized carbons (Fsp3) is 0.429. The molecule has 2 nitrogen and oxygen atoms in total. The molecule has 1 heterocycles. The molecule has 0 saturated carbocycles. The molecule has 1 saturated heterocycles. The second-order valence-corrected chi connectivity index (χ2v) is 4.74. The second-order valence-electron chi connectivity index (χ2n) is 4.74. The van der Waals surface area contributed by atoms with E-state index in [0.717, 1.165) is 0 Å². The van der Waals surface area contributed by atoms with E-state index >= 15 is 0 Å². The highest BCUT2D eigenvalue weighted by atomic mass is 19.3. The highest BCUT2D eigenvalue weighted by Gasteiger charge is 2.37. The summed E-state index contributed by atoms with van der Waals surface area (Å²) in [5.41, 5.74) is 0.447. The molecule has 19 heavy (non-hydrogen) atoms. The Morgan fingerprint density at radius 3 is 2.63 bits per heavy atom. The Kier molecular flexibility index (Phi) is 4.27. The second kappa shape index (κ2) is 5.75. The molecule has 1 aliphatic heterocycles. The normalized spacial score (nSPS) is 21.6. The Labute approximate surface area is 110 Å². The van der Waals surface area contributed by atoms with Crippen molar-refractivity contribution in [1.29, 1.82) is 0 Å². The first-order chi connectivity index (χ1) is 8.98. The maximum absolute atomic E-state index is 13.7. The number of hydrogen-bond acceptors (Lipinski definition) is 2. The van der Waals surface area contributed by atoms with Crippen molar-refractivity contribution in [3.8, 4) is 0 Å². The molecule has 0 radical (unpaired) electrons. The molecule has 1 aromatic rings. The van der Waals surface area contributed by atoms with Gasteiger partial charge in [0.15, 0.2) is 0 Å². The fourth-order valence-corrected chi connectivity index (χ4v) is 2.09. The Bertz CT molecular complexity index is 447. The topological polar surface area (TPSA) is 23.5 Å². The van der Waals surface area contributed by atoms with E-state index in [4.69, 9.17) is 0 Å². The van der Waals surface area contributed by atoms with Gasteiger partial charge in [0.1, 0.15) is 11.9 Å². The zero-order valence-corrected chi connectivity index (χ0v) is 10.4. The molecular formula is C14H16F3NO. The number of aliphatic hydroxyl groups is 1. The highest BCUT2D eigenvalue weighted by molar-refractivity contribution is 5.23. The number of benzene rings is 1. The third-order valence-corrected chi connectivity index (χ3v) is 3.17. The first-order valence-corrected chi connectivity index (χ1v) is 6.17. The minimum absolute atomic E-state index is 0.0886. The number of alkyl halides is 2. The summed E-state index contributed by atoms with van der Waals surface area (Å²) in [5, 5.41) is 9.76. The predicted octanol–water partition coefficient (Wildman–Crippen LogP) is 2.91. The van der Waals surface area contributed by atoms with Crippen molar-refractivity contribution in [3.05, 3.63) is 47.8 Å². The third kappa shape index (κ3) is 3.81. The number of likely N-dealkylation sites (tertiary alicyclic amines) is 1. The number of hydrogen-bond donors (Lipinski definition) is 1. The SMILES string of the molecule is OC(/C(F)=C/CN1CCC(F)(F)C1)c1ccccc1. The smallest absolute Gasteiger partial charge is 0.261 e. The largest absolute Gasteiger partial charge is 0.381 e.